The average molecular weight is 350 g/mol. The predicted octanol–water partition coefficient (Wildman–Crippen LogP) is 1.17. The third-order valence-electron chi connectivity index (χ3n) is 4.55. The monoisotopic (exact) mass is 350 g/mol. The number of nitrogens with zero attached hydrogens (tertiary/aromatic N) is 4. The van der Waals surface area contributed by atoms with Crippen LogP contribution in [0, 0.1) is 0 Å². The molecule has 0 spiro atoms. The van der Waals surface area contributed by atoms with E-state index in [0.717, 1.165) is 63.1 Å². The molecule has 1 unspecified atom stereocenters. The molecule has 2 heterocycles. The summed E-state index contributed by atoms with van der Waals surface area (Å²) in [5, 5.41) is 0. The Hall–Kier alpha value is -1.60. The highest BCUT2D eigenvalue weighted by molar-refractivity contribution is 7.82. The van der Waals surface area contributed by atoms with E-state index in [1.165, 1.54) is 0 Å². The molecule has 1 aromatic rings. The smallest absolute Gasteiger partial charge is 0.208 e. The molecule has 1 aromatic carbocycles. The molecule has 1 saturated heterocycles. The summed E-state index contributed by atoms with van der Waals surface area (Å²) >= 11 is 0. The van der Waals surface area contributed by atoms with Gasteiger partial charge < -0.3 is 14.5 Å². The van der Waals surface area contributed by atoms with Gasteiger partial charge in [0.1, 0.15) is 16.7 Å². The van der Waals surface area contributed by atoms with E-state index in [-0.39, 0.29) is 0 Å². The zero-order valence-corrected chi connectivity index (χ0v) is 15.3. The van der Waals surface area contributed by atoms with Crippen LogP contribution in [-0.4, -0.2) is 77.2 Å². The van der Waals surface area contributed by atoms with Crippen molar-refractivity contribution in [2.45, 2.75) is 12.7 Å². The van der Waals surface area contributed by atoms with E-state index < -0.39 is 11.0 Å². The number of hydrogen-bond donors (Lipinski definition) is 0. The van der Waals surface area contributed by atoms with Crippen molar-refractivity contribution in [2.24, 2.45) is 4.99 Å². The van der Waals surface area contributed by atoms with Crippen LogP contribution in [0.4, 0.5) is 0 Å². The van der Waals surface area contributed by atoms with Gasteiger partial charge in [0, 0.05) is 26.2 Å². The fourth-order valence-electron chi connectivity index (χ4n) is 3.12. The summed E-state index contributed by atoms with van der Waals surface area (Å²) in [6.45, 7) is 8.76. The molecule has 7 heteroatoms. The minimum atomic E-state index is -1.11. The van der Waals surface area contributed by atoms with Gasteiger partial charge in [-0.3, -0.25) is 9.30 Å². The summed E-state index contributed by atoms with van der Waals surface area (Å²) in [5.41, 5.74) is 1.02. The Balaban J connectivity index is 1.63. The van der Waals surface area contributed by atoms with Gasteiger partial charge in [0.2, 0.25) is 5.96 Å². The van der Waals surface area contributed by atoms with Crippen LogP contribution in [-0.2, 0) is 16.7 Å². The quantitative estimate of drug-likeness (QED) is 0.800. The Bertz CT molecular complexity index is 614. The van der Waals surface area contributed by atoms with E-state index in [2.05, 4.69) is 21.7 Å². The highest BCUT2D eigenvalue weighted by Crippen LogP contribution is 2.18. The maximum absolute atomic E-state index is 12.9. The highest BCUT2D eigenvalue weighted by Gasteiger charge is 2.29. The van der Waals surface area contributed by atoms with Crippen LogP contribution in [0.15, 0.2) is 29.3 Å². The van der Waals surface area contributed by atoms with Gasteiger partial charge in [-0.1, -0.05) is 19.1 Å². The van der Waals surface area contributed by atoms with Crippen LogP contribution in [0.5, 0.6) is 5.75 Å². The normalized spacial score (nSPS) is 20.2. The van der Waals surface area contributed by atoms with E-state index in [4.69, 9.17) is 4.74 Å². The van der Waals surface area contributed by atoms with Crippen LogP contribution in [0.3, 0.4) is 0 Å². The van der Waals surface area contributed by atoms with Crippen LogP contribution in [0.1, 0.15) is 12.5 Å². The molecule has 0 bridgehead atoms. The summed E-state index contributed by atoms with van der Waals surface area (Å²) in [6.07, 6.45) is 0. The molecule has 1 fully saturated rings. The molecule has 0 amide bonds. The number of guanidine groups is 1. The van der Waals surface area contributed by atoms with E-state index in [9.17, 15) is 4.21 Å². The fraction of sp³-hybridized carbons (Fsp3) is 0.588. The van der Waals surface area contributed by atoms with Gasteiger partial charge in [-0.25, -0.2) is 4.21 Å². The minimum Gasteiger partial charge on any atom is -0.497 e. The lowest BCUT2D eigenvalue weighted by molar-refractivity contribution is 0.184. The summed E-state index contributed by atoms with van der Waals surface area (Å²) in [6, 6.07) is 7.79. The maximum Gasteiger partial charge on any atom is 0.208 e. The average Bonchev–Trinajstić information content (AvgIpc) is 3.12. The second-order valence-corrected chi connectivity index (χ2v) is 7.39. The molecule has 0 radical (unpaired) electrons. The number of hydrogen-bond acceptors (Lipinski definition) is 5. The summed E-state index contributed by atoms with van der Waals surface area (Å²) < 4.78 is 20.1. The fourth-order valence-corrected chi connectivity index (χ4v) is 4.38. The molecular weight excluding hydrogens is 324 g/mol. The van der Waals surface area contributed by atoms with Gasteiger partial charge in [0.15, 0.2) is 0 Å². The lowest BCUT2D eigenvalue weighted by Crippen LogP contribution is -2.52. The first-order valence-corrected chi connectivity index (χ1v) is 9.79. The predicted molar refractivity (Wildman–Crippen MR) is 97.5 cm³/mol. The van der Waals surface area contributed by atoms with Crippen molar-refractivity contribution in [2.75, 3.05) is 52.9 Å². The number of methoxy groups -OCH3 is 1. The van der Waals surface area contributed by atoms with Crippen molar-refractivity contribution in [3.8, 4) is 5.75 Å². The van der Waals surface area contributed by atoms with Crippen molar-refractivity contribution in [1.29, 1.82) is 0 Å². The van der Waals surface area contributed by atoms with Crippen LogP contribution >= 0.6 is 0 Å². The number of ether oxygens (including phenoxy) is 1. The van der Waals surface area contributed by atoms with Gasteiger partial charge in [0.05, 0.1) is 26.0 Å². The highest BCUT2D eigenvalue weighted by atomic mass is 32.2. The first kappa shape index (κ1) is 17.2. The van der Waals surface area contributed by atoms with E-state index in [1.54, 1.807) is 7.11 Å². The molecule has 2 aliphatic heterocycles. The summed E-state index contributed by atoms with van der Waals surface area (Å²) in [4.78, 5) is 9.33. The molecule has 6 nitrogen and oxygen atoms in total. The third-order valence-corrected chi connectivity index (χ3v) is 5.97. The number of likely N-dealkylation sites (N-methyl/N-ethyl adjacent to an activating group) is 1. The second-order valence-electron chi connectivity index (χ2n) is 6.02. The molecule has 24 heavy (non-hydrogen) atoms. The van der Waals surface area contributed by atoms with Crippen LogP contribution < -0.4 is 4.74 Å². The Morgan fingerprint density at radius 3 is 2.71 bits per heavy atom. The van der Waals surface area contributed by atoms with Crippen molar-refractivity contribution in [1.82, 2.24) is 14.1 Å². The molecular formula is C17H26N4O2S. The molecule has 0 N–H and O–H groups in total. The first-order valence-electron chi connectivity index (χ1n) is 8.52. The lowest BCUT2D eigenvalue weighted by atomic mass is 10.2. The molecule has 132 valence electrons. The number of piperazine rings is 1. The first-order chi connectivity index (χ1) is 11.7. The maximum atomic E-state index is 12.9. The topological polar surface area (TPSA) is 48.4 Å². The Kier molecular flexibility index (Phi) is 5.73. The van der Waals surface area contributed by atoms with Gasteiger partial charge in [-0.05, 0) is 24.2 Å². The second kappa shape index (κ2) is 7.98. The molecule has 3 rings (SSSR count). The SMILES string of the molecule is CCN1CCN(C2=NCCN2S(=O)Cc2cccc(OC)c2)CC1. The standard InChI is InChI=1S/C17H26N4O2S/c1-3-19-9-11-20(12-10-19)17-18-7-8-21(17)24(22)14-15-5-4-6-16(13-15)23-2/h4-6,13H,3,7-12,14H2,1-2H3. The van der Waals surface area contributed by atoms with E-state index in [1.807, 2.05) is 28.6 Å². The number of aliphatic imine (C=N–C) groups is 1. The lowest BCUT2D eigenvalue weighted by Gasteiger charge is -2.37. The molecule has 1 atom stereocenters. The van der Waals surface area contributed by atoms with Gasteiger partial charge in [0.25, 0.3) is 0 Å². The Morgan fingerprint density at radius 1 is 1.21 bits per heavy atom. The van der Waals surface area contributed by atoms with Gasteiger partial charge >= 0.3 is 0 Å². The molecule has 0 saturated carbocycles. The largest absolute Gasteiger partial charge is 0.497 e. The number of benzene rings is 1. The van der Waals surface area contributed by atoms with Gasteiger partial charge in [-0.2, -0.15) is 0 Å². The number of rotatable bonds is 5. The van der Waals surface area contributed by atoms with Gasteiger partial charge in [-0.15, -0.1) is 0 Å². The molecule has 0 aliphatic carbocycles. The molecule has 0 aromatic heterocycles. The third kappa shape index (κ3) is 3.89. The Morgan fingerprint density at radius 2 is 2.00 bits per heavy atom. The van der Waals surface area contributed by atoms with E-state index >= 15 is 0 Å². The molecule has 2 aliphatic rings. The van der Waals surface area contributed by atoms with E-state index in [0.29, 0.717) is 5.75 Å². The summed E-state index contributed by atoms with van der Waals surface area (Å²) in [5.74, 6) is 2.20. The Labute approximate surface area is 146 Å². The van der Waals surface area contributed by atoms with Crippen molar-refractivity contribution in [3.63, 3.8) is 0 Å². The summed E-state index contributed by atoms with van der Waals surface area (Å²) in [7, 11) is 0.543. The van der Waals surface area contributed by atoms with Crippen molar-refractivity contribution in [3.05, 3.63) is 29.8 Å². The van der Waals surface area contributed by atoms with Crippen LogP contribution in [0.2, 0.25) is 0 Å². The zero-order valence-electron chi connectivity index (χ0n) is 14.5. The zero-order chi connectivity index (χ0) is 16.9. The van der Waals surface area contributed by atoms with Crippen molar-refractivity contribution >= 4 is 16.9 Å². The minimum absolute atomic E-state index is 0.491. The van der Waals surface area contributed by atoms with Crippen LogP contribution in [0.25, 0.3) is 0 Å². The van der Waals surface area contributed by atoms with Crippen molar-refractivity contribution < 1.29 is 8.95 Å².